The maximum atomic E-state index is 11.9. The maximum Gasteiger partial charge on any atom is 0.239 e. The normalized spacial score (nSPS) is 16.1. The molecule has 0 saturated heterocycles. The van der Waals surface area contributed by atoms with E-state index in [0.29, 0.717) is 6.42 Å². The monoisotopic (exact) mass is 279 g/mol. The van der Waals surface area contributed by atoms with Crippen molar-refractivity contribution < 1.29 is 13.2 Å². The van der Waals surface area contributed by atoms with Crippen LogP contribution >= 0.6 is 0 Å². The molecule has 0 spiro atoms. The number of carbonyl (C=O) groups excluding carboxylic acids is 1. The van der Waals surface area contributed by atoms with Gasteiger partial charge in [0, 0.05) is 12.1 Å². The lowest BCUT2D eigenvalue weighted by atomic mass is 9.96. The summed E-state index contributed by atoms with van der Waals surface area (Å²) >= 11 is 0. The summed E-state index contributed by atoms with van der Waals surface area (Å²) in [6.45, 7) is 7.20. The van der Waals surface area contributed by atoms with E-state index in [1.165, 1.54) is 0 Å². The lowest BCUT2D eigenvalue weighted by molar-refractivity contribution is -0.126. The highest BCUT2D eigenvalue weighted by Crippen LogP contribution is 2.09. The summed E-state index contributed by atoms with van der Waals surface area (Å²) in [4.78, 5) is 11.9. The molecule has 0 aliphatic heterocycles. The second kappa shape index (κ2) is 5.99. The van der Waals surface area contributed by atoms with Crippen LogP contribution in [0.4, 0.5) is 0 Å². The van der Waals surface area contributed by atoms with Crippen molar-refractivity contribution >= 4 is 15.9 Å². The highest BCUT2D eigenvalue weighted by Gasteiger charge is 2.29. The molecule has 0 rings (SSSR count). The van der Waals surface area contributed by atoms with E-state index in [1.54, 1.807) is 20.8 Å². The summed E-state index contributed by atoms with van der Waals surface area (Å²) in [7, 11) is -3.31. The number of hydrogen-bond acceptors (Lipinski definition) is 4. The molecule has 0 fully saturated rings. The second-order valence-corrected chi connectivity index (χ2v) is 7.36. The maximum absolute atomic E-state index is 11.9. The summed E-state index contributed by atoms with van der Waals surface area (Å²) in [5.74, 6) is -0.271. The van der Waals surface area contributed by atoms with Crippen molar-refractivity contribution in [2.45, 2.75) is 51.6 Å². The molecule has 0 aromatic rings. The van der Waals surface area contributed by atoms with Gasteiger partial charge >= 0.3 is 0 Å². The van der Waals surface area contributed by atoms with E-state index < -0.39 is 21.1 Å². The van der Waals surface area contributed by atoms with E-state index in [9.17, 15) is 13.2 Å². The summed E-state index contributed by atoms with van der Waals surface area (Å²) in [6.07, 6.45) is 2.48. The first kappa shape index (κ1) is 17.3. The van der Waals surface area contributed by atoms with Crippen LogP contribution in [-0.2, 0) is 14.8 Å². The third-order valence-electron chi connectivity index (χ3n) is 2.44. The van der Waals surface area contributed by atoms with Gasteiger partial charge in [-0.25, -0.2) is 13.1 Å². The molecule has 0 heterocycles. The quantitative estimate of drug-likeness (QED) is 0.608. The number of rotatable bonds is 7. The number of hydrogen-bond donors (Lipinski definition) is 3. The Morgan fingerprint density at radius 2 is 1.78 bits per heavy atom. The average Bonchev–Trinajstić information content (AvgIpc) is 2.10. The van der Waals surface area contributed by atoms with Crippen molar-refractivity contribution in [1.29, 1.82) is 0 Å². The number of nitrogens with two attached hydrogens (primary N) is 1. The summed E-state index contributed by atoms with van der Waals surface area (Å²) in [5, 5.41) is 2.68. The number of carbonyl (C=O) groups is 1. The average molecular weight is 279 g/mol. The van der Waals surface area contributed by atoms with Gasteiger partial charge < -0.3 is 11.1 Å². The SMILES string of the molecule is CCCC(C)(N)C(=O)NCC(C)(C)NS(C)(=O)=O. The second-order valence-electron chi connectivity index (χ2n) is 5.61. The van der Waals surface area contributed by atoms with E-state index in [0.717, 1.165) is 12.7 Å². The molecule has 18 heavy (non-hydrogen) atoms. The van der Waals surface area contributed by atoms with Crippen molar-refractivity contribution in [2.75, 3.05) is 12.8 Å². The fourth-order valence-corrected chi connectivity index (χ4v) is 2.75. The largest absolute Gasteiger partial charge is 0.353 e. The van der Waals surface area contributed by atoms with E-state index in [1.807, 2.05) is 6.92 Å². The standard InChI is InChI=1S/C11H25N3O3S/c1-6-7-11(4,12)9(15)13-8-10(2,3)14-18(5,16)17/h14H,6-8,12H2,1-5H3,(H,13,15). The van der Waals surface area contributed by atoms with Gasteiger partial charge in [0.25, 0.3) is 0 Å². The van der Waals surface area contributed by atoms with Crippen LogP contribution in [0.2, 0.25) is 0 Å². The Hall–Kier alpha value is -0.660. The molecule has 1 unspecified atom stereocenters. The van der Waals surface area contributed by atoms with Crippen LogP contribution in [0.25, 0.3) is 0 Å². The molecule has 1 amide bonds. The first-order valence-electron chi connectivity index (χ1n) is 5.96. The fourth-order valence-electron chi connectivity index (χ4n) is 1.67. The van der Waals surface area contributed by atoms with Crippen molar-refractivity contribution in [1.82, 2.24) is 10.0 Å². The molecule has 0 aliphatic rings. The molecule has 108 valence electrons. The number of sulfonamides is 1. The summed E-state index contributed by atoms with van der Waals surface area (Å²) < 4.78 is 24.7. The van der Waals surface area contributed by atoms with Gasteiger partial charge in [-0.1, -0.05) is 13.3 Å². The van der Waals surface area contributed by atoms with Crippen LogP contribution < -0.4 is 15.8 Å². The minimum atomic E-state index is -3.31. The number of nitrogens with one attached hydrogen (secondary N) is 2. The first-order chi connectivity index (χ1) is 7.90. The fraction of sp³-hybridized carbons (Fsp3) is 0.909. The van der Waals surface area contributed by atoms with E-state index >= 15 is 0 Å². The zero-order valence-corrected chi connectivity index (χ0v) is 12.6. The Bertz CT molecular complexity index is 388. The topological polar surface area (TPSA) is 101 Å². The molecular weight excluding hydrogens is 254 g/mol. The lowest BCUT2D eigenvalue weighted by Crippen LogP contribution is -2.57. The zero-order chi connectivity index (χ0) is 14.6. The van der Waals surface area contributed by atoms with Crippen molar-refractivity contribution in [3.63, 3.8) is 0 Å². The van der Waals surface area contributed by atoms with Crippen molar-refractivity contribution in [3.05, 3.63) is 0 Å². The molecule has 7 heteroatoms. The molecular formula is C11H25N3O3S. The van der Waals surface area contributed by atoms with Crippen molar-refractivity contribution in [3.8, 4) is 0 Å². The van der Waals surface area contributed by atoms with Gasteiger partial charge in [0.05, 0.1) is 11.8 Å². The Balaban J connectivity index is 4.45. The molecule has 0 aliphatic carbocycles. The Morgan fingerprint density at radius 3 is 2.17 bits per heavy atom. The Kier molecular flexibility index (Phi) is 5.77. The van der Waals surface area contributed by atoms with Crippen LogP contribution in [0.1, 0.15) is 40.5 Å². The summed E-state index contributed by atoms with van der Waals surface area (Å²) in [6, 6.07) is 0. The molecule has 1 atom stereocenters. The van der Waals surface area contributed by atoms with Crippen LogP contribution in [-0.4, -0.2) is 38.2 Å². The Morgan fingerprint density at radius 1 is 1.28 bits per heavy atom. The van der Waals surface area contributed by atoms with Gasteiger partial charge in [-0.15, -0.1) is 0 Å². The highest BCUT2D eigenvalue weighted by molar-refractivity contribution is 7.88. The molecule has 6 nitrogen and oxygen atoms in total. The van der Waals surface area contributed by atoms with Crippen LogP contribution in [0, 0.1) is 0 Å². The van der Waals surface area contributed by atoms with E-state index in [2.05, 4.69) is 10.0 Å². The number of amides is 1. The third-order valence-corrected chi connectivity index (χ3v) is 3.36. The molecule has 0 radical (unpaired) electrons. The minimum absolute atomic E-state index is 0.190. The van der Waals surface area contributed by atoms with Crippen LogP contribution in [0.15, 0.2) is 0 Å². The van der Waals surface area contributed by atoms with Gasteiger partial charge in [-0.2, -0.15) is 0 Å². The van der Waals surface area contributed by atoms with E-state index in [4.69, 9.17) is 5.73 Å². The predicted octanol–water partition coefficient (Wildman–Crippen LogP) is -0.0521. The van der Waals surface area contributed by atoms with Crippen molar-refractivity contribution in [2.24, 2.45) is 5.73 Å². The molecule has 0 bridgehead atoms. The smallest absolute Gasteiger partial charge is 0.239 e. The van der Waals surface area contributed by atoms with Gasteiger partial charge in [0.2, 0.25) is 15.9 Å². The molecule has 0 aromatic carbocycles. The molecule has 0 saturated carbocycles. The minimum Gasteiger partial charge on any atom is -0.353 e. The Labute approximate surface area is 110 Å². The summed E-state index contributed by atoms with van der Waals surface area (Å²) in [5.41, 5.74) is 4.21. The first-order valence-corrected chi connectivity index (χ1v) is 7.85. The third kappa shape index (κ3) is 6.93. The van der Waals surface area contributed by atoms with Gasteiger partial charge in [0.15, 0.2) is 0 Å². The highest BCUT2D eigenvalue weighted by atomic mass is 32.2. The van der Waals surface area contributed by atoms with Gasteiger partial charge in [-0.05, 0) is 27.2 Å². The van der Waals surface area contributed by atoms with Gasteiger partial charge in [-0.3, -0.25) is 4.79 Å². The predicted molar refractivity (Wildman–Crippen MR) is 72.6 cm³/mol. The van der Waals surface area contributed by atoms with Crippen LogP contribution in [0.3, 0.4) is 0 Å². The lowest BCUT2D eigenvalue weighted by Gasteiger charge is -2.29. The van der Waals surface area contributed by atoms with Gasteiger partial charge in [0.1, 0.15) is 0 Å². The zero-order valence-electron chi connectivity index (χ0n) is 11.8. The molecule has 0 aromatic heterocycles. The van der Waals surface area contributed by atoms with Crippen LogP contribution in [0.5, 0.6) is 0 Å². The van der Waals surface area contributed by atoms with E-state index in [-0.39, 0.29) is 12.5 Å². The molecule has 4 N–H and O–H groups in total.